The summed E-state index contributed by atoms with van der Waals surface area (Å²) in [7, 11) is 0. The average molecular weight is 313 g/mol. The van der Waals surface area contributed by atoms with Gasteiger partial charge in [0.05, 0.1) is 11.0 Å². The van der Waals surface area contributed by atoms with Crippen LogP contribution in [0, 0.1) is 10.1 Å². The monoisotopic (exact) mass is 312 g/mol. The van der Waals surface area contributed by atoms with Crippen LogP contribution in [0.1, 0.15) is 43.0 Å². The molecule has 6 heteroatoms. The number of likely N-dealkylation sites (tertiary alicyclic amines) is 1. The topological polar surface area (TPSA) is 63.4 Å². The Balaban J connectivity index is 0.00000220. The van der Waals surface area contributed by atoms with E-state index >= 15 is 0 Å². The lowest BCUT2D eigenvalue weighted by molar-refractivity contribution is -0.384. The number of nitro benzene ring substituents is 1. The van der Waals surface area contributed by atoms with Crippen LogP contribution in [-0.2, 0) is 0 Å². The van der Waals surface area contributed by atoms with Gasteiger partial charge in [-0.3, -0.25) is 19.8 Å². The van der Waals surface area contributed by atoms with E-state index in [-0.39, 0.29) is 29.9 Å². The fraction of sp³-hybridized carbons (Fsp3) is 0.533. The second-order valence-corrected chi connectivity index (χ2v) is 5.22. The first-order valence-corrected chi connectivity index (χ1v) is 7.16. The van der Waals surface area contributed by atoms with E-state index in [0.29, 0.717) is 5.56 Å². The zero-order valence-corrected chi connectivity index (χ0v) is 13.0. The number of ketones is 1. The van der Waals surface area contributed by atoms with Crippen LogP contribution in [0.4, 0.5) is 5.69 Å². The van der Waals surface area contributed by atoms with Crippen LogP contribution in [0.25, 0.3) is 0 Å². The molecule has 0 saturated carbocycles. The summed E-state index contributed by atoms with van der Waals surface area (Å²) in [5.74, 6) is 0.0867. The van der Waals surface area contributed by atoms with Crippen molar-refractivity contribution in [3.63, 3.8) is 0 Å². The Morgan fingerprint density at radius 1 is 1.29 bits per heavy atom. The van der Waals surface area contributed by atoms with Crippen molar-refractivity contribution in [3.05, 3.63) is 39.9 Å². The number of nitro groups is 1. The van der Waals surface area contributed by atoms with E-state index in [4.69, 9.17) is 0 Å². The molecule has 1 atom stereocenters. The fourth-order valence-corrected chi connectivity index (χ4v) is 2.75. The highest BCUT2D eigenvalue weighted by molar-refractivity contribution is 6.00. The lowest BCUT2D eigenvalue weighted by Crippen LogP contribution is -2.39. The second kappa shape index (κ2) is 8.10. The van der Waals surface area contributed by atoms with Gasteiger partial charge in [0.25, 0.3) is 5.69 Å². The number of carbonyl (C=O) groups is 1. The van der Waals surface area contributed by atoms with E-state index in [9.17, 15) is 14.9 Å². The van der Waals surface area contributed by atoms with E-state index in [1.54, 1.807) is 12.1 Å². The molecule has 21 heavy (non-hydrogen) atoms. The van der Waals surface area contributed by atoms with Gasteiger partial charge in [-0.1, -0.05) is 13.3 Å². The lowest BCUT2D eigenvalue weighted by Gasteiger charge is -2.26. The number of hydrogen-bond acceptors (Lipinski definition) is 4. The lowest BCUT2D eigenvalue weighted by atomic mass is 9.99. The van der Waals surface area contributed by atoms with Crippen molar-refractivity contribution < 1.29 is 9.72 Å². The van der Waals surface area contributed by atoms with Crippen LogP contribution >= 0.6 is 12.4 Å². The zero-order chi connectivity index (χ0) is 14.5. The molecule has 0 radical (unpaired) electrons. The molecule has 1 heterocycles. The van der Waals surface area contributed by atoms with Crippen LogP contribution in [0.15, 0.2) is 24.3 Å². The smallest absolute Gasteiger partial charge is 0.269 e. The van der Waals surface area contributed by atoms with Gasteiger partial charge in [0.1, 0.15) is 0 Å². The number of benzene rings is 1. The van der Waals surface area contributed by atoms with E-state index in [1.165, 1.54) is 12.1 Å². The Morgan fingerprint density at radius 2 is 1.86 bits per heavy atom. The summed E-state index contributed by atoms with van der Waals surface area (Å²) in [6.45, 7) is 4.03. The number of halogens is 1. The molecule has 1 aliphatic heterocycles. The van der Waals surface area contributed by atoms with Gasteiger partial charge in [0, 0.05) is 17.7 Å². The minimum Gasteiger partial charge on any atom is -0.293 e. The molecule has 0 aliphatic carbocycles. The summed E-state index contributed by atoms with van der Waals surface area (Å²) < 4.78 is 0. The molecular weight excluding hydrogens is 292 g/mol. The number of rotatable bonds is 6. The molecule has 1 aliphatic rings. The number of hydrogen-bond donors (Lipinski definition) is 0. The van der Waals surface area contributed by atoms with Crippen LogP contribution < -0.4 is 0 Å². The van der Waals surface area contributed by atoms with E-state index in [0.717, 1.165) is 38.8 Å². The molecule has 1 aromatic rings. The molecule has 0 spiro atoms. The largest absolute Gasteiger partial charge is 0.293 e. The van der Waals surface area contributed by atoms with Crippen LogP contribution in [0.3, 0.4) is 0 Å². The van der Waals surface area contributed by atoms with Gasteiger partial charge in [0.15, 0.2) is 5.78 Å². The van der Waals surface area contributed by atoms with Crippen molar-refractivity contribution in [1.29, 1.82) is 0 Å². The van der Waals surface area contributed by atoms with Crippen LogP contribution in [0.2, 0.25) is 0 Å². The average Bonchev–Trinajstić information content (AvgIpc) is 2.98. The molecular formula is C15H21ClN2O3. The zero-order valence-electron chi connectivity index (χ0n) is 12.2. The molecule has 0 N–H and O–H groups in total. The maximum absolute atomic E-state index is 12.6. The highest BCUT2D eigenvalue weighted by Gasteiger charge is 2.28. The van der Waals surface area contributed by atoms with Crippen LogP contribution in [0.5, 0.6) is 0 Å². The highest BCUT2D eigenvalue weighted by atomic mass is 35.5. The van der Waals surface area contributed by atoms with Gasteiger partial charge >= 0.3 is 0 Å². The maximum atomic E-state index is 12.6. The Hall–Kier alpha value is -1.46. The van der Waals surface area contributed by atoms with Crippen molar-refractivity contribution in [2.24, 2.45) is 0 Å². The van der Waals surface area contributed by atoms with E-state index < -0.39 is 4.92 Å². The summed E-state index contributed by atoms with van der Waals surface area (Å²) in [6, 6.07) is 5.86. The van der Waals surface area contributed by atoms with Crippen LogP contribution in [-0.4, -0.2) is 34.7 Å². The first-order chi connectivity index (χ1) is 9.63. The third-order valence-electron chi connectivity index (χ3n) is 3.81. The first kappa shape index (κ1) is 17.6. The third-order valence-corrected chi connectivity index (χ3v) is 3.81. The molecule has 5 nitrogen and oxygen atoms in total. The summed E-state index contributed by atoms with van der Waals surface area (Å²) in [5.41, 5.74) is 0.593. The second-order valence-electron chi connectivity index (χ2n) is 5.22. The van der Waals surface area contributed by atoms with Crippen molar-refractivity contribution in [2.45, 2.75) is 38.6 Å². The number of Topliss-reactive ketones (excluding diaryl/α,β-unsaturated/α-hetero) is 1. The molecule has 0 amide bonds. The fourth-order valence-electron chi connectivity index (χ4n) is 2.75. The van der Waals surface area contributed by atoms with Crippen molar-refractivity contribution in [2.75, 3.05) is 13.1 Å². The van der Waals surface area contributed by atoms with Crippen molar-refractivity contribution in [1.82, 2.24) is 4.90 Å². The van der Waals surface area contributed by atoms with Gasteiger partial charge in [-0.15, -0.1) is 12.4 Å². The van der Waals surface area contributed by atoms with Crippen molar-refractivity contribution in [3.8, 4) is 0 Å². The minimum absolute atomic E-state index is 0. The quantitative estimate of drug-likeness (QED) is 0.458. The number of carbonyl (C=O) groups excluding carboxylic acids is 1. The molecule has 0 aromatic heterocycles. The summed E-state index contributed by atoms with van der Waals surface area (Å²) in [6.07, 6.45) is 4.09. The molecule has 116 valence electrons. The molecule has 1 saturated heterocycles. The normalized spacial score (nSPS) is 16.2. The molecule has 1 aromatic carbocycles. The number of nitrogens with zero attached hydrogens (tertiary/aromatic N) is 2. The SMILES string of the molecule is CCCC(C(=O)c1ccc([N+](=O)[O-])cc1)N1CCCC1.Cl. The van der Waals surface area contributed by atoms with Gasteiger partial charge in [-0.25, -0.2) is 0 Å². The maximum Gasteiger partial charge on any atom is 0.269 e. The van der Waals surface area contributed by atoms with Gasteiger partial charge in [-0.2, -0.15) is 0 Å². The Kier molecular flexibility index (Phi) is 6.78. The summed E-state index contributed by atoms with van der Waals surface area (Å²) in [5, 5.41) is 10.6. The Morgan fingerprint density at radius 3 is 2.33 bits per heavy atom. The molecule has 1 unspecified atom stereocenters. The third kappa shape index (κ3) is 4.25. The summed E-state index contributed by atoms with van der Waals surface area (Å²) >= 11 is 0. The van der Waals surface area contributed by atoms with Gasteiger partial charge in [-0.05, 0) is 44.5 Å². The predicted molar refractivity (Wildman–Crippen MR) is 84.2 cm³/mol. The highest BCUT2D eigenvalue weighted by Crippen LogP contribution is 2.21. The van der Waals surface area contributed by atoms with Crippen molar-refractivity contribution >= 4 is 23.9 Å². The molecule has 1 fully saturated rings. The molecule has 2 rings (SSSR count). The predicted octanol–water partition coefficient (Wildman–Crippen LogP) is 3.46. The van der Waals surface area contributed by atoms with Gasteiger partial charge in [0.2, 0.25) is 0 Å². The number of non-ortho nitro benzene ring substituents is 1. The minimum atomic E-state index is -0.446. The molecule has 0 bridgehead atoms. The van der Waals surface area contributed by atoms with E-state index in [1.807, 2.05) is 0 Å². The first-order valence-electron chi connectivity index (χ1n) is 7.16. The Labute approximate surface area is 130 Å². The Bertz CT molecular complexity index is 484. The standard InChI is InChI=1S/C15H20N2O3.ClH/c1-2-5-14(16-10-3-4-11-16)15(18)12-6-8-13(9-7-12)17(19)20;/h6-9,14H,2-5,10-11H2,1H3;1H. The van der Waals surface area contributed by atoms with Gasteiger partial charge < -0.3 is 0 Å². The van der Waals surface area contributed by atoms with E-state index in [2.05, 4.69) is 11.8 Å². The summed E-state index contributed by atoms with van der Waals surface area (Å²) in [4.78, 5) is 25.0.